The summed E-state index contributed by atoms with van der Waals surface area (Å²) in [6.07, 6.45) is 4.30. The van der Waals surface area contributed by atoms with Gasteiger partial charge in [-0.2, -0.15) is 11.8 Å². The van der Waals surface area contributed by atoms with E-state index in [1.165, 1.54) is 6.07 Å². The summed E-state index contributed by atoms with van der Waals surface area (Å²) in [5, 5.41) is 14.5. The van der Waals surface area contributed by atoms with Gasteiger partial charge in [-0.3, -0.25) is 10.1 Å². The van der Waals surface area contributed by atoms with Gasteiger partial charge in [0.05, 0.1) is 15.5 Å². The fraction of sp³-hybridized carbons (Fsp3) is 0.500. The number of benzene rings is 1. The minimum Gasteiger partial charge on any atom is -0.312 e. The van der Waals surface area contributed by atoms with Crippen molar-refractivity contribution in [1.82, 2.24) is 5.32 Å². The molecular formula is C12H17ClN2O2S. The van der Waals surface area contributed by atoms with Crippen LogP contribution in [0.4, 0.5) is 5.69 Å². The van der Waals surface area contributed by atoms with Crippen LogP contribution in [0.2, 0.25) is 5.02 Å². The number of nitro groups is 1. The summed E-state index contributed by atoms with van der Waals surface area (Å²) in [6, 6.07) is 4.76. The molecule has 1 N–H and O–H groups in total. The number of thioether (sulfide) groups is 1. The van der Waals surface area contributed by atoms with E-state index in [0.717, 1.165) is 25.1 Å². The van der Waals surface area contributed by atoms with Crippen molar-refractivity contribution in [1.29, 1.82) is 0 Å². The average molecular weight is 289 g/mol. The molecule has 0 bridgehead atoms. The maximum atomic E-state index is 10.9. The van der Waals surface area contributed by atoms with Gasteiger partial charge in [-0.15, -0.1) is 0 Å². The second-order valence-corrected chi connectivity index (χ2v) is 5.26. The molecule has 18 heavy (non-hydrogen) atoms. The Bertz CT molecular complexity index is 402. The first kappa shape index (κ1) is 15.3. The van der Waals surface area contributed by atoms with Crippen LogP contribution in [-0.4, -0.2) is 23.5 Å². The summed E-state index contributed by atoms with van der Waals surface area (Å²) in [5.41, 5.74) is 0.646. The number of nitro benzene ring substituents is 1. The summed E-state index contributed by atoms with van der Waals surface area (Å²) < 4.78 is 0. The minimum atomic E-state index is -0.392. The minimum absolute atomic E-state index is 0.0825. The Balaban J connectivity index is 2.48. The molecule has 0 unspecified atom stereocenters. The Morgan fingerprint density at radius 1 is 1.44 bits per heavy atom. The largest absolute Gasteiger partial charge is 0.312 e. The highest BCUT2D eigenvalue weighted by atomic mass is 35.5. The third kappa shape index (κ3) is 4.84. The van der Waals surface area contributed by atoms with Crippen molar-refractivity contribution in [2.45, 2.75) is 19.4 Å². The van der Waals surface area contributed by atoms with Gasteiger partial charge in [0.25, 0.3) is 5.69 Å². The van der Waals surface area contributed by atoms with Crippen molar-refractivity contribution in [3.63, 3.8) is 0 Å². The second kappa shape index (κ2) is 8.34. The first-order chi connectivity index (χ1) is 8.66. The van der Waals surface area contributed by atoms with Crippen LogP contribution in [-0.2, 0) is 6.54 Å². The topological polar surface area (TPSA) is 55.2 Å². The Morgan fingerprint density at radius 2 is 2.22 bits per heavy atom. The van der Waals surface area contributed by atoms with Crippen LogP contribution < -0.4 is 5.32 Å². The van der Waals surface area contributed by atoms with Crippen molar-refractivity contribution in [3.8, 4) is 0 Å². The van der Waals surface area contributed by atoms with Gasteiger partial charge in [0.15, 0.2) is 0 Å². The second-order valence-electron chi connectivity index (χ2n) is 3.87. The monoisotopic (exact) mass is 288 g/mol. The average Bonchev–Trinajstić information content (AvgIpc) is 2.34. The van der Waals surface area contributed by atoms with E-state index in [1.54, 1.807) is 12.1 Å². The molecule has 0 heterocycles. The molecule has 0 radical (unpaired) electrons. The molecule has 4 nitrogen and oxygen atoms in total. The number of nitrogens with one attached hydrogen (secondary N) is 1. The molecular weight excluding hydrogens is 272 g/mol. The van der Waals surface area contributed by atoms with Crippen molar-refractivity contribution < 1.29 is 4.92 Å². The molecule has 0 saturated heterocycles. The van der Waals surface area contributed by atoms with Gasteiger partial charge < -0.3 is 5.32 Å². The summed E-state index contributed by atoms with van der Waals surface area (Å²) in [4.78, 5) is 10.5. The molecule has 0 saturated carbocycles. The number of rotatable bonds is 8. The van der Waals surface area contributed by atoms with Gasteiger partial charge in [0, 0.05) is 12.6 Å². The SMILES string of the molecule is CSCCCCNCc1c(Cl)cccc1[N+](=O)[O-]. The van der Waals surface area contributed by atoms with E-state index in [2.05, 4.69) is 11.6 Å². The molecule has 1 aromatic rings. The predicted molar refractivity (Wildman–Crippen MR) is 77.4 cm³/mol. The van der Waals surface area contributed by atoms with E-state index in [9.17, 15) is 10.1 Å². The van der Waals surface area contributed by atoms with Crippen LogP contribution in [0.15, 0.2) is 18.2 Å². The third-order valence-electron chi connectivity index (χ3n) is 2.54. The van der Waals surface area contributed by atoms with E-state index < -0.39 is 4.92 Å². The van der Waals surface area contributed by atoms with E-state index in [1.807, 2.05) is 11.8 Å². The van der Waals surface area contributed by atoms with Gasteiger partial charge in [-0.25, -0.2) is 0 Å². The van der Waals surface area contributed by atoms with Crippen LogP contribution in [0.3, 0.4) is 0 Å². The molecule has 0 amide bonds. The van der Waals surface area contributed by atoms with E-state index in [4.69, 9.17) is 11.6 Å². The van der Waals surface area contributed by atoms with Crippen LogP contribution in [0, 0.1) is 10.1 Å². The highest BCUT2D eigenvalue weighted by molar-refractivity contribution is 7.98. The lowest BCUT2D eigenvalue weighted by Gasteiger charge is -2.07. The third-order valence-corrected chi connectivity index (χ3v) is 3.60. The van der Waals surface area contributed by atoms with E-state index in [0.29, 0.717) is 17.1 Å². The summed E-state index contributed by atoms with van der Waals surface area (Å²) in [7, 11) is 0. The highest BCUT2D eigenvalue weighted by Gasteiger charge is 2.15. The molecule has 1 aromatic carbocycles. The first-order valence-corrected chi connectivity index (χ1v) is 7.55. The van der Waals surface area contributed by atoms with Crippen LogP contribution >= 0.6 is 23.4 Å². The lowest BCUT2D eigenvalue weighted by atomic mass is 10.1. The van der Waals surface area contributed by atoms with Gasteiger partial charge in [0.2, 0.25) is 0 Å². The molecule has 0 atom stereocenters. The lowest BCUT2D eigenvalue weighted by molar-refractivity contribution is -0.385. The van der Waals surface area contributed by atoms with Crippen LogP contribution in [0.1, 0.15) is 18.4 Å². The highest BCUT2D eigenvalue weighted by Crippen LogP contribution is 2.25. The molecule has 0 aliphatic carbocycles. The predicted octanol–water partition coefficient (Wildman–Crippen LogP) is 3.48. The number of halogens is 1. The molecule has 0 fully saturated rings. The lowest BCUT2D eigenvalue weighted by Crippen LogP contribution is -2.16. The number of hydrogen-bond acceptors (Lipinski definition) is 4. The van der Waals surface area contributed by atoms with Crippen molar-refractivity contribution in [3.05, 3.63) is 38.9 Å². The number of hydrogen-bond donors (Lipinski definition) is 1. The summed E-state index contributed by atoms with van der Waals surface area (Å²) >= 11 is 7.81. The number of nitrogens with zero attached hydrogens (tertiary/aromatic N) is 1. The molecule has 0 spiro atoms. The van der Waals surface area contributed by atoms with Gasteiger partial charge in [-0.05, 0) is 37.5 Å². The molecule has 100 valence electrons. The zero-order valence-electron chi connectivity index (χ0n) is 10.3. The quantitative estimate of drug-likeness (QED) is 0.452. The summed E-state index contributed by atoms with van der Waals surface area (Å²) in [5.74, 6) is 1.15. The maximum Gasteiger partial charge on any atom is 0.275 e. The normalized spacial score (nSPS) is 10.6. The molecule has 0 aliphatic rings. The molecule has 0 aliphatic heterocycles. The Labute approximate surface area is 116 Å². The fourth-order valence-corrected chi connectivity index (χ4v) is 2.33. The summed E-state index contributed by atoms with van der Waals surface area (Å²) in [6.45, 7) is 1.29. The van der Waals surface area contributed by atoms with Gasteiger partial charge in [0.1, 0.15) is 0 Å². The van der Waals surface area contributed by atoms with Crippen molar-refractivity contribution in [2.24, 2.45) is 0 Å². The van der Waals surface area contributed by atoms with E-state index >= 15 is 0 Å². The van der Waals surface area contributed by atoms with Crippen LogP contribution in [0.5, 0.6) is 0 Å². The maximum absolute atomic E-state index is 10.9. The Hall–Kier alpha value is -0.780. The zero-order chi connectivity index (χ0) is 13.4. The zero-order valence-corrected chi connectivity index (χ0v) is 11.9. The number of unbranched alkanes of at least 4 members (excludes halogenated alkanes) is 1. The van der Waals surface area contributed by atoms with E-state index in [-0.39, 0.29) is 5.69 Å². The standard InChI is InChI=1S/C12H17ClN2O2S/c1-18-8-3-2-7-14-9-10-11(13)5-4-6-12(10)15(16)17/h4-6,14H,2-3,7-9H2,1H3. The van der Waals surface area contributed by atoms with Gasteiger partial charge in [-0.1, -0.05) is 17.7 Å². The van der Waals surface area contributed by atoms with Crippen molar-refractivity contribution in [2.75, 3.05) is 18.6 Å². The molecule has 6 heteroatoms. The van der Waals surface area contributed by atoms with Gasteiger partial charge >= 0.3 is 0 Å². The molecule has 0 aromatic heterocycles. The first-order valence-electron chi connectivity index (χ1n) is 5.78. The van der Waals surface area contributed by atoms with Crippen molar-refractivity contribution >= 4 is 29.1 Å². The Morgan fingerprint density at radius 3 is 2.89 bits per heavy atom. The fourth-order valence-electron chi connectivity index (χ4n) is 1.60. The Kier molecular flexibility index (Phi) is 7.08. The molecule has 1 rings (SSSR count). The van der Waals surface area contributed by atoms with Crippen LogP contribution in [0.25, 0.3) is 0 Å². The smallest absolute Gasteiger partial charge is 0.275 e.